The van der Waals surface area contributed by atoms with Crippen molar-refractivity contribution in [3.05, 3.63) is 123 Å². The van der Waals surface area contributed by atoms with Gasteiger partial charge in [0.25, 0.3) is 6.71 Å². The summed E-state index contributed by atoms with van der Waals surface area (Å²) in [6.07, 6.45) is 4.78. The highest BCUT2D eigenvalue weighted by Gasteiger charge is 2.47. The number of hydrogen-bond acceptors (Lipinski definition) is 2. The van der Waals surface area contributed by atoms with Gasteiger partial charge in [0, 0.05) is 34.1 Å². The van der Waals surface area contributed by atoms with E-state index in [2.05, 4.69) is 213 Å². The first kappa shape index (κ1) is 43.0. The van der Waals surface area contributed by atoms with Crippen LogP contribution in [0.2, 0.25) is 0 Å². The molecule has 0 saturated carbocycles. The molecule has 0 fully saturated rings. The van der Waals surface area contributed by atoms with Crippen LogP contribution in [0.15, 0.2) is 78.9 Å². The van der Waals surface area contributed by atoms with E-state index in [1.165, 1.54) is 121 Å². The van der Waals surface area contributed by atoms with Crippen LogP contribution in [0.25, 0.3) is 0 Å². The molecule has 2 nitrogen and oxygen atoms in total. The van der Waals surface area contributed by atoms with Gasteiger partial charge in [-0.15, -0.1) is 0 Å². The Bertz CT molecular complexity index is 2630. The number of fused-ring (bicyclic) bond motifs is 6. The van der Waals surface area contributed by atoms with E-state index in [-0.39, 0.29) is 44.6 Å². The normalized spacial score (nSPS) is 19.3. The molecule has 5 aromatic carbocycles. The molecule has 2 heterocycles. The van der Waals surface area contributed by atoms with Crippen LogP contribution < -0.4 is 26.2 Å². The van der Waals surface area contributed by atoms with Gasteiger partial charge < -0.3 is 9.80 Å². The maximum atomic E-state index is 2.70. The fourth-order valence-electron chi connectivity index (χ4n) is 11.5. The second-order valence-electron chi connectivity index (χ2n) is 25.8. The lowest BCUT2D eigenvalue weighted by atomic mass is 9.33. The van der Waals surface area contributed by atoms with Gasteiger partial charge in [-0.1, -0.05) is 148 Å². The maximum Gasteiger partial charge on any atom is 0.252 e. The topological polar surface area (TPSA) is 6.48 Å². The molecule has 0 bridgehead atoms. The Morgan fingerprint density at radius 1 is 0.403 bits per heavy atom. The third kappa shape index (κ3) is 6.72. The summed E-state index contributed by atoms with van der Waals surface area (Å²) in [4.78, 5) is 5.37. The molecular weight excluding hydrogens is 747 g/mol. The van der Waals surface area contributed by atoms with Crippen molar-refractivity contribution in [1.82, 2.24) is 0 Å². The molecule has 0 N–H and O–H groups in total. The lowest BCUT2D eigenvalue weighted by Gasteiger charge is -2.48. The van der Waals surface area contributed by atoms with Gasteiger partial charge in [-0.05, 0) is 180 Å². The summed E-state index contributed by atoms with van der Waals surface area (Å²) in [6.45, 7) is 43.5. The fraction of sp³-hybridized carbons (Fsp3) is 0.492. The van der Waals surface area contributed by atoms with Crippen molar-refractivity contribution in [2.75, 3.05) is 9.80 Å². The standard InChI is InChI=1S/C59H75BN2/c1-36-27-50-52-51(28-36)62(41-30-38(54(5,6)7)29-39(31-41)55(8,9)10)48-32-37(53(2,3)4)19-22-46(48)60(52)47-34-44-45(59(17,18)26-25-58(44,15)16)35-49(47)61(50)40-20-21-42-43(33-40)57(13,14)24-23-56(42,11)12/h19-22,27-35H,23-26H2,1-18H3. The highest BCUT2D eigenvalue weighted by molar-refractivity contribution is 7.00. The van der Waals surface area contributed by atoms with Crippen molar-refractivity contribution < 1.29 is 0 Å². The number of aryl methyl sites for hydroxylation is 1. The first-order valence-electron chi connectivity index (χ1n) is 23.9. The first-order valence-corrected chi connectivity index (χ1v) is 23.9. The number of hydrogen-bond donors (Lipinski definition) is 0. The Hall–Kier alpha value is -4.24. The average molecular weight is 823 g/mol. The first-order chi connectivity index (χ1) is 28.5. The highest BCUT2D eigenvalue weighted by Crippen LogP contribution is 2.53. The van der Waals surface area contributed by atoms with Crippen LogP contribution in [0, 0.1) is 6.92 Å². The van der Waals surface area contributed by atoms with E-state index in [0.29, 0.717) is 0 Å². The van der Waals surface area contributed by atoms with Crippen molar-refractivity contribution >= 4 is 57.2 Å². The van der Waals surface area contributed by atoms with Gasteiger partial charge in [0.2, 0.25) is 0 Å². The number of nitrogens with zero attached hydrogens (tertiary/aromatic N) is 2. The molecule has 0 saturated heterocycles. The van der Waals surface area contributed by atoms with E-state index < -0.39 is 0 Å². The van der Waals surface area contributed by atoms with Crippen molar-refractivity contribution in [3.63, 3.8) is 0 Å². The Morgan fingerprint density at radius 2 is 0.855 bits per heavy atom. The Morgan fingerprint density at radius 3 is 1.37 bits per heavy atom. The smallest absolute Gasteiger partial charge is 0.252 e. The number of anilines is 6. The van der Waals surface area contributed by atoms with Gasteiger partial charge in [-0.25, -0.2) is 0 Å². The number of benzene rings is 5. The lowest BCUT2D eigenvalue weighted by Crippen LogP contribution is -2.62. The van der Waals surface area contributed by atoms with Crippen LogP contribution in [-0.4, -0.2) is 6.71 Å². The van der Waals surface area contributed by atoms with E-state index in [0.717, 1.165) is 0 Å². The monoisotopic (exact) mass is 823 g/mol. The van der Waals surface area contributed by atoms with E-state index in [1.807, 2.05) is 0 Å². The molecule has 0 aromatic heterocycles. The van der Waals surface area contributed by atoms with E-state index in [1.54, 1.807) is 0 Å². The average Bonchev–Trinajstić information content (AvgIpc) is 3.16. The van der Waals surface area contributed by atoms with Crippen LogP contribution in [0.4, 0.5) is 34.1 Å². The Balaban J connectivity index is 1.42. The molecule has 3 heteroatoms. The van der Waals surface area contributed by atoms with Gasteiger partial charge in [-0.2, -0.15) is 0 Å². The van der Waals surface area contributed by atoms with Crippen LogP contribution in [0.3, 0.4) is 0 Å². The molecule has 4 aliphatic rings. The fourth-order valence-corrected chi connectivity index (χ4v) is 11.5. The zero-order valence-corrected chi connectivity index (χ0v) is 41.8. The second kappa shape index (κ2) is 13.4. The molecule has 0 amide bonds. The van der Waals surface area contributed by atoms with E-state index in [9.17, 15) is 0 Å². The third-order valence-corrected chi connectivity index (χ3v) is 16.1. The summed E-state index contributed by atoms with van der Waals surface area (Å²) in [5.41, 5.74) is 23.9. The molecule has 0 atom stereocenters. The molecule has 0 unspecified atom stereocenters. The SMILES string of the molecule is Cc1cc2c3c(c1)N(c1ccc4c(c1)C(C)(C)CCC4(C)C)c1cc4c(cc1B3c1ccc(C(C)(C)C)cc1N2c1cc(C(C)(C)C)cc(C(C)(C)C)c1)C(C)(C)CCC4(C)C. The Labute approximate surface area is 377 Å². The molecule has 0 radical (unpaired) electrons. The zero-order valence-electron chi connectivity index (χ0n) is 41.8. The summed E-state index contributed by atoms with van der Waals surface area (Å²) >= 11 is 0. The van der Waals surface area contributed by atoms with Crippen molar-refractivity contribution in [2.24, 2.45) is 0 Å². The van der Waals surface area contributed by atoms with Crippen molar-refractivity contribution in [2.45, 2.75) is 188 Å². The summed E-state index contributed by atoms with van der Waals surface area (Å²) in [7, 11) is 0. The van der Waals surface area contributed by atoms with Gasteiger partial charge in [0.1, 0.15) is 0 Å². The lowest BCUT2D eigenvalue weighted by molar-refractivity contribution is 0.332. The van der Waals surface area contributed by atoms with Crippen LogP contribution in [-0.2, 0) is 37.9 Å². The van der Waals surface area contributed by atoms with Gasteiger partial charge in [0.15, 0.2) is 0 Å². The van der Waals surface area contributed by atoms with E-state index >= 15 is 0 Å². The molecule has 2 aliphatic carbocycles. The number of rotatable bonds is 2. The second-order valence-corrected chi connectivity index (χ2v) is 25.8. The summed E-state index contributed by atoms with van der Waals surface area (Å²) in [5.74, 6) is 0. The minimum absolute atomic E-state index is 0.00664. The highest BCUT2D eigenvalue weighted by atomic mass is 15.2. The van der Waals surface area contributed by atoms with Crippen molar-refractivity contribution in [1.29, 1.82) is 0 Å². The molecule has 5 aromatic rings. The third-order valence-electron chi connectivity index (χ3n) is 16.1. The Kier molecular flexibility index (Phi) is 9.30. The van der Waals surface area contributed by atoms with Gasteiger partial charge >= 0.3 is 0 Å². The molecule has 324 valence electrons. The predicted octanol–water partition coefficient (Wildman–Crippen LogP) is 14.7. The summed E-state index contributed by atoms with van der Waals surface area (Å²) in [5, 5.41) is 0. The largest absolute Gasteiger partial charge is 0.311 e. The van der Waals surface area contributed by atoms with Crippen LogP contribution >= 0.6 is 0 Å². The quantitative estimate of drug-likeness (QED) is 0.160. The molecule has 62 heavy (non-hydrogen) atoms. The minimum atomic E-state index is -0.0132. The molecule has 2 aliphatic heterocycles. The maximum absolute atomic E-state index is 2.70. The van der Waals surface area contributed by atoms with Crippen LogP contribution in [0.1, 0.15) is 188 Å². The van der Waals surface area contributed by atoms with Crippen molar-refractivity contribution in [3.8, 4) is 0 Å². The zero-order chi connectivity index (χ0) is 45.1. The van der Waals surface area contributed by atoms with E-state index in [4.69, 9.17) is 0 Å². The summed E-state index contributed by atoms with van der Waals surface area (Å²) in [6, 6.07) is 32.9. The van der Waals surface area contributed by atoms with Gasteiger partial charge in [-0.3, -0.25) is 0 Å². The molecule has 9 rings (SSSR count). The minimum Gasteiger partial charge on any atom is -0.311 e. The summed E-state index contributed by atoms with van der Waals surface area (Å²) < 4.78 is 0. The molecule has 0 spiro atoms. The van der Waals surface area contributed by atoms with Crippen LogP contribution in [0.5, 0.6) is 0 Å². The predicted molar refractivity (Wildman–Crippen MR) is 272 cm³/mol. The molecular formula is C59H75BN2. The van der Waals surface area contributed by atoms with Gasteiger partial charge in [0.05, 0.1) is 0 Å².